The first-order chi connectivity index (χ1) is 10.6. The summed E-state index contributed by atoms with van der Waals surface area (Å²) in [6.07, 6.45) is 2.05. The molecule has 0 bridgehead atoms. The van der Waals surface area contributed by atoms with E-state index in [1.165, 1.54) is 0 Å². The van der Waals surface area contributed by atoms with Gasteiger partial charge in [0.05, 0.1) is 24.9 Å². The molecule has 1 fully saturated rings. The van der Waals surface area contributed by atoms with Gasteiger partial charge in [-0.15, -0.1) is 0 Å². The molecule has 22 heavy (non-hydrogen) atoms. The van der Waals surface area contributed by atoms with Crippen molar-refractivity contribution in [2.24, 2.45) is 5.73 Å². The highest BCUT2D eigenvalue weighted by molar-refractivity contribution is 9.10. The molecule has 2 aliphatic heterocycles. The molecule has 120 valence electrons. The highest BCUT2D eigenvalue weighted by atomic mass is 79.9. The topological polar surface area (TPSA) is 51.0 Å². The van der Waals surface area contributed by atoms with Crippen LogP contribution in [0.1, 0.15) is 6.92 Å². The highest BCUT2D eigenvalue weighted by Crippen LogP contribution is 2.36. The summed E-state index contributed by atoms with van der Waals surface area (Å²) >= 11 is 3.48. The summed E-state index contributed by atoms with van der Waals surface area (Å²) in [5.74, 6) is 0.892. The normalized spacial score (nSPS) is 23.1. The average molecular weight is 368 g/mol. The molecule has 1 aromatic rings. The molecule has 1 unspecified atom stereocenters. The van der Waals surface area contributed by atoms with Crippen molar-refractivity contribution in [3.05, 3.63) is 34.6 Å². The monoisotopic (exact) mass is 367 g/mol. The summed E-state index contributed by atoms with van der Waals surface area (Å²) in [7, 11) is 0. The van der Waals surface area contributed by atoms with Gasteiger partial charge < -0.3 is 20.1 Å². The first-order valence-electron chi connectivity index (χ1n) is 7.60. The van der Waals surface area contributed by atoms with Crippen LogP contribution in [0, 0.1) is 0 Å². The van der Waals surface area contributed by atoms with Crippen LogP contribution in [0.2, 0.25) is 0 Å². The second-order valence-corrected chi connectivity index (χ2v) is 6.69. The average Bonchev–Trinajstić information content (AvgIpc) is 2.51. The van der Waals surface area contributed by atoms with Crippen molar-refractivity contribution in [3.8, 4) is 5.75 Å². The molecule has 2 heterocycles. The van der Waals surface area contributed by atoms with Gasteiger partial charge in [-0.1, -0.05) is 15.9 Å². The number of rotatable bonds is 3. The minimum absolute atomic E-state index is 0.261. The third-order valence-corrected chi connectivity index (χ3v) is 4.46. The van der Waals surface area contributed by atoms with Crippen LogP contribution < -0.4 is 15.4 Å². The van der Waals surface area contributed by atoms with Gasteiger partial charge in [0.25, 0.3) is 0 Å². The van der Waals surface area contributed by atoms with Crippen LogP contribution in [0.3, 0.4) is 0 Å². The quantitative estimate of drug-likeness (QED) is 0.886. The van der Waals surface area contributed by atoms with Crippen molar-refractivity contribution >= 4 is 21.6 Å². The van der Waals surface area contributed by atoms with Crippen LogP contribution in [0.4, 0.5) is 5.69 Å². The maximum Gasteiger partial charge on any atom is 0.144 e. The van der Waals surface area contributed by atoms with Crippen molar-refractivity contribution in [2.75, 3.05) is 44.4 Å². The van der Waals surface area contributed by atoms with Gasteiger partial charge in [-0.2, -0.15) is 0 Å². The summed E-state index contributed by atoms with van der Waals surface area (Å²) in [6, 6.07) is 6.35. The van der Waals surface area contributed by atoms with Gasteiger partial charge in [-0.05, 0) is 25.1 Å². The Bertz CT molecular complexity index is 558. The number of hydrogen-bond acceptors (Lipinski definition) is 5. The zero-order chi connectivity index (χ0) is 15.5. The van der Waals surface area contributed by atoms with Gasteiger partial charge in [-0.25, -0.2) is 0 Å². The number of anilines is 1. The lowest BCUT2D eigenvalue weighted by atomic mass is 10.2. The Kier molecular flexibility index (Phi) is 4.90. The lowest BCUT2D eigenvalue weighted by Crippen LogP contribution is -2.41. The maximum absolute atomic E-state index is 6.27. The summed E-state index contributed by atoms with van der Waals surface area (Å²) in [5.41, 5.74) is 8.20. The molecule has 0 saturated carbocycles. The molecule has 0 aromatic heterocycles. The summed E-state index contributed by atoms with van der Waals surface area (Å²) in [6.45, 7) is 7.04. The van der Waals surface area contributed by atoms with E-state index >= 15 is 0 Å². The van der Waals surface area contributed by atoms with E-state index in [1.807, 2.05) is 12.1 Å². The third-order valence-electron chi connectivity index (χ3n) is 3.97. The number of halogens is 1. The zero-order valence-electron chi connectivity index (χ0n) is 12.8. The van der Waals surface area contributed by atoms with E-state index in [4.69, 9.17) is 15.2 Å². The van der Waals surface area contributed by atoms with Crippen molar-refractivity contribution in [1.82, 2.24) is 4.90 Å². The van der Waals surface area contributed by atoms with E-state index in [0.29, 0.717) is 6.61 Å². The lowest BCUT2D eigenvalue weighted by Gasteiger charge is -2.35. The molecule has 3 rings (SSSR count). The molecule has 1 saturated heterocycles. The first-order valence-corrected chi connectivity index (χ1v) is 8.40. The molecule has 5 nitrogen and oxygen atoms in total. The molecule has 1 aromatic carbocycles. The second kappa shape index (κ2) is 6.89. The number of ether oxygens (including phenoxy) is 2. The smallest absolute Gasteiger partial charge is 0.144 e. The number of nitrogens with two attached hydrogens (primary N) is 1. The Morgan fingerprint density at radius 2 is 2.18 bits per heavy atom. The standard InChI is InChI=1S/C16H22BrN3O2/c1-12-11-22-16-8-13(17)2-3-15(16)20(12)10-14(18)9-19-4-6-21-7-5-19/h2-3,8,10,12H,4-7,9,11,18H2,1H3/b14-10-. The fourth-order valence-corrected chi connectivity index (χ4v) is 3.12. The van der Waals surface area contributed by atoms with E-state index in [0.717, 1.165) is 54.5 Å². The number of hydrogen-bond donors (Lipinski definition) is 1. The largest absolute Gasteiger partial charge is 0.489 e. The maximum atomic E-state index is 6.27. The number of morpholine rings is 1. The molecule has 0 radical (unpaired) electrons. The van der Waals surface area contributed by atoms with Crippen LogP contribution in [0.25, 0.3) is 0 Å². The molecule has 0 aliphatic carbocycles. The Balaban J connectivity index is 1.76. The van der Waals surface area contributed by atoms with Crippen LogP contribution in [-0.4, -0.2) is 50.4 Å². The molecule has 0 amide bonds. The van der Waals surface area contributed by atoms with Gasteiger partial charge >= 0.3 is 0 Å². The van der Waals surface area contributed by atoms with Gasteiger partial charge in [0.15, 0.2) is 0 Å². The third kappa shape index (κ3) is 3.56. The molecule has 0 spiro atoms. The van der Waals surface area contributed by atoms with E-state index < -0.39 is 0 Å². The van der Waals surface area contributed by atoms with Crippen molar-refractivity contribution in [1.29, 1.82) is 0 Å². The Hall–Kier alpha value is -1.24. The minimum Gasteiger partial charge on any atom is -0.489 e. The fourth-order valence-electron chi connectivity index (χ4n) is 2.78. The molecular formula is C16H22BrN3O2. The minimum atomic E-state index is 0.261. The number of nitrogens with zero attached hydrogens (tertiary/aromatic N) is 2. The first kappa shape index (κ1) is 15.6. The van der Waals surface area contributed by atoms with E-state index in [9.17, 15) is 0 Å². The predicted molar refractivity (Wildman–Crippen MR) is 91.1 cm³/mol. The number of fused-ring (bicyclic) bond motifs is 1. The summed E-state index contributed by atoms with van der Waals surface area (Å²) < 4.78 is 12.2. The predicted octanol–water partition coefficient (Wildman–Crippen LogP) is 2.17. The Morgan fingerprint density at radius 1 is 1.41 bits per heavy atom. The van der Waals surface area contributed by atoms with Crippen LogP contribution >= 0.6 is 15.9 Å². The van der Waals surface area contributed by atoms with Crippen molar-refractivity contribution in [2.45, 2.75) is 13.0 Å². The van der Waals surface area contributed by atoms with E-state index in [1.54, 1.807) is 0 Å². The summed E-state index contributed by atoms with van der Waals surface area (Å²) in [5, 5.41) is 0. The van der Waals surface area contributed by atoms with Crippen LogP contribution in [0.5, 0.6) is 5.75 Å². The van der Waals surface area contributed by atoms with Gasteiger partial charge in [0, 0.05) is 36.0 Å². The van der Waals surface area contributed by atoms with Crippen LogP contribution in [0.15, 0.2) is 34.6 Å². The highest BCUT2D eigenvalue weighted by Gasteiger charge is 2.23. The van der Waals surface area contributed by atoms with Crippen molar-refractivity contribution in [3.63, 3.8) is 0 Å². The Morgan fingerprint density at radius 3 is 2.95 bits per heavy atom. The molecule has 2 N–H and O–H groups in total. The van der Waals surface area contributed by atoms with Gasteiger partial charge in [-0.3, -0.25) is 4.90 Å². The molecule has 6 heteroatoms. The molecule has 1 atom stereocenters. The van der Waals surface area contributed by atoms with Crippen LogP contribution in [-0.2, 0) is 4.74 Å². The second-order valence-electron chi connectivity index (χ2n) is 5.77. The fraction of sp³-hybridized carbons (Fsp3) is 0.500. The van der Waals surface area contributed by atoms with Crippen molar-refractivity contribution < 1.29 is 9.47 Å². The molecular weight excluding hydrogens is 346 g/mol. The zero-order valence-corrected chi connectivity index (χ0v) is 14.4. The lowest BCUT2D eigenvalue weighted by molar-refractivity contribution is 0.0421. The Labute approximate surface area is 139 Å². The van der Waals surface area contributed by atoms with Gasteiger partial charge in [0.2, 0.25) is 0 Å². The SMILES string of the molecule is CC1COc2cc(Br)ccc2N1/C=C(\N)CN1CCOCC1. The van der Waals surface area contributed by atoms with E-state index in [2.05, 4.69) is 44.9 Å². The molecule has 2 aliphatic rings. The summed E-state index contributed by atoms with van der Waals surface area (Å²) in [4.78, 5) is 4.53. The number of benzene rings is 1. The van der Waals surface area contributed by atoms with Gasteiger partial charge in [0.1, 0.15) is 12.4 Å². The van der Waals surface area contributed by atoms with E-state index in [-0.39, 0.29) is 6.04 Å².